The van der Waals surface area contributed by atoms with E-state index in [-0.39, 0.29) is 21.4 Å². The van der Waals surface area contributed by atoms with Crippen LogP contribution in [0.25, 0.3) is 0 Å². The molecule has 110 valence electrons. The molecule has 0 saturated heterocycles. The van der Waals surface area contributed by atoms with Crippen LogP contribution >= 0.6 is 11.3 Å². The van der Waals surface area contributed by atoms with Crippen LogP contribution in [0, 0.1) is 0 Å². The molecule has 1 aliphatic carbocycles. The highest BCUT2D eigenvalue weighted by Gasteiger charge is 2.30. The number of carbonyl (C=O) groups excluding carboxylic acids is 1. The van der Waals surface area contributed by atoms with Gasteiger partial charge in [-0.3, -0.25) is 10.1 Å². The summed E-state index contributed by atoms with van der Waals surface area (Å²) < 4.78 is 26.2. The van der Waals surface area contributed by atoms with E-state index in [9.17, 15) is 13.2 Å². The van der Waals surface area contributed by atoms with Gasteiger partial charge in [0, 0.05) is 11.6 Å². The zero-order valence-electron chi connectivity index (χ0n) is 10.8. The second-order valence-electron chi connectivity index (χ2n) is 4.59. The van der Waals surface area contributed by atoms with Crippen LogP contribution in [0.15, 0.2) is 34.7 Å². The van der Waals surface area contributed by atoms with Crippen molar-refractivity contribution in [3.63, 3.8) is 0 Å². The summed E-state index contributed by atoms with van der Waals surface area (Å²) in [6.45, 7) is 0. The predicted molar refractivity (Wildman–Crippen MR) is 77.6 cm³/mol. The quantitative estimate of drug-likeness (QED) is 0.806. The van der Waals surface area contributed by atoms with Crippen LogP contribution in [0.5, 0.6) is 0 Å². The van der Waals surface area contributed by atoms with Crippen LogP contribution < -0.4 is 10.0 Å². The fraction of sp³-hybridized carbons (Fsp3) is 0.250. The van der Waals surface area contributed by atoms with Gasteiger partial charge in [0.15, 0.2) is 0 Å². The second kappa shape index (κ2) is 5.51. The predicted octanol–water partition coefficient (Wildman–Crippen LogP) is 1.23. The largest absolute Gasteiger partial charge is 0.296 e. The summed E-state index contributed by atoms with van der Waals surface area (Å²) in [5.74, 6) is -0.356. The van der Waals surface area contributed by atoms with E-state index in [1.165, 1.54) is 0 Å². The average Bonchev–Trinajstić information content (AvgIpc) is 3.13. The molecule has 1 aromatic carbocycles. The number of rotatable bonds is 5. The fourth-order valence-electron chi connectivity index (χ4n) is 1.60. The second-order valence-corrected chi connectivity index (χ2v) is 7.45. The third kappa shape index (κ3) is 3.43. The van der Waals surface area contributed by atoms with Crippen molar-refractivity contribution in [3.8, 4) is 0 Å². The highest BCUT2D eigenvalue weighted by molar-refractivity contribution is 7.91. The van der Waals surface area contributed by atoms with Gasteiger partial charge in [0.05, 0.1) is 0 Å². The third-order valence-corrected chi connectivity index (χ3v) is 5.52. The average molecular weight is 324 g/mol. The van der Waals surface area contributed by atoms with Crippen molar-refractivity contribution in [3.05, 3.63) is 35.9 Å². The number of anilines is 1. The number of nitrogens with one attached hydrogen (secondary N) is 2. The Morgan fingerprint density at radius 3 is 2.57 bits per heavy atom. The van der Waals surface area contributed by atoms with Crippen LogP contribution in [0.4, 0.5) is 5.13 Å². The smallest absolute Gasteiger partial charge is 0.270 e. The van der Waals surface area contributed by atoms with Gasteiger partial charge in [-0.1, -0.05) is 29.5 Å². The maximum absolute atomic E-state index is 11.9. The van der Waals surface area contributed by atoms with Crippen molar-refractivity contribution in [1.82, 2.24) is 14.9 Å². The minimum absolute atomic E-state index is 0.00117. The topological polar surface area (TPSA) is 101 Å². The summed E-state index contributed by atoms with van der Waals surface area (Å²) in [6, 6.07) is 8.59. The van der Waals surface area contributed by atoms with E-state index in [0.29, 0.717) is 5.56 Å². The van der Waals surface area contributed by atoms with Crippen molar-refractivity contribution < 1.29 is 13.2 Å². The lowest BCUT2D eigenvalue weighted by atomic mass is 10.2. The molecule has 0 aliphatic heterocycles. The maximum Gasteiger partial charge on any atom is 0.270 e. The van der Waals surface area contributed by atoms with Gasteiger partial charge in [0.25, 0.3) is 15.9 Å². The summed E-state index contributed by atoms with van der Waals surface area (Å²) in [5.41, 5.74) is 0.466. The SMILES string of the molecule is O=C(Nc1nnc(S(=O)(=O)NC2CC2)s1)c1ccccc1. The Kier molecular flexibility index (Phi) is 3.70. The van der Waals surface area contributed by atoms with Crippen molar-refractivity contribution in [2.75, 3.05) is 5.32 Å². The van der Waals surface area contributed by atoms with Gasteiger partial charge in [-0.15, -0.1) is 10.2 Å². The van der Waals surface area contributed by atoms with Crippen LogP contribution in [0.1, 0.15) is 23.2 Å². The number of sulfonamides is 1. The molecule has 1 fully saturated rings. The van der Waals surface area contributed by atoms with Crippen molar-refractivity contribution in [1.29, 1.82) is 0 Å². The van der Waals surface area contributed by atoms with E-state index < -0.39 is 10.0 Å². The van der Waals surface area contributed by atoms with Gasteiger partial charge < -0.3 is 0 Å². The number of benzene rings is 1. The summed E-state index contributed by atoms with van der Waals surface area (Å²) in [6.07, 6.45) is 1.69. The van der Waals surface area contributed by atoms with Crippen LogP contribution in [-0.2, 0) is 10.0 Å². The number of aromatic nitrogens is 2. The first-order valence-corrected chi connectivity index (χ1v) is 8.57. The van der Waals surface area contributed by atoms with Crippen LogP contribution in [0.2, 0.25) is 0 Å². The Bertz CT molecular complexity index is 754. The Morgan fingerprint density at radius 2 is 1.90 bits per heavy atom. The maximum atomic E-state index is 11.9. The van der Waals surface area contributed by atoms with E-state index in [4.69, 9.17) is 0 Å². The number of nitrogens with zero attached hydrogens (tertiary/aromatic N) is 2. The molecule has 1 aromatic heterocycles. The molecule has 1 amide bonds. The van der Waals surface area contributed by atoms with Crippen molar-refractivity contribution >= 4 is 32.4 Å². The minimum atomic E-state index is -3.63. The van der Waals surface area contributed by atoms with Gasteiger partial charge in [-0.05, 0) is 25.0 Å². The van der Waals surface area contributed by atoms with Gasteiger partial charge in [-0.25, -0.2) is 13.1 Å². The number of hydrogen-bond donors (Lipinski definition) is 2. The third-order valence-electron chi connectivity index (χ3n) is 2.79. The number of carbonyl (C=O) groups is 1. The fourth-order valence-corrected chi connectivity index (χ4v) is 3.81. The first-order valence-electron chi connectivity index (χ1n) is 6.27. The van der Waals surface area contributed by atoms with Crippen molar-refractivity contribution in [2.24, 2.45) is 0 Å². The lowest BCUT2D eigenvalue weighted by Gasteiger charge is -2.00. The molecule has 0 spiro atoms. The Labute approximate surface area is 125 Å². The molecular formula is C12H12N4O3S2. The Hall–Kier alpha value is -1.84. The molecule has 7 nitrogen and oxygen atoms in total. The molecule has 2 aromatic rings. The zero-order chi connectivity index (χ0) is 14.9. The van der Waals surface area contributed by atoms with Gasteiger partial charge in [0.1, 0.15) is 0 Å². The first-order chi connectivity index (χ1) is 10.0. The van der Waals surface area contributed by atoms with E-state index in [1.54, 1.807) is 30.3 Å². The highest BCUT2D eigenvalue weighted by Crippen LogP contribution is 2.25. The molecule has 21 heavy (non-hydrogen) atoms. The lowest BCUT2D eigenvalue weighted by Crippen LogP contribution is -2.25. The molecule has 3 rings (SSSR count). The monoisotopic (exact) mass is 324 g/mol. The standard InChI is InChI=1S/C12H12N4O3S2/c17-10(8-4-2-1-3-5-8)13-11-14-15-12(20-11)21(18,19)16-9-6-7-9/h1-5,9,16H,6-7H2,(H,13,14,17). The molecule has 1 saturated carbocycles. The lowest BCUT2D eigenvalue weighted by molar-refractivity contribution is 0.102. The minimum Gasteiger partial charge on any atom is -0.296 e. The van der Waals surface area contributed by atoms with Gasteiger partial charge >= 0.3 is 0 Å². The van der Waals surface area contributed by atoms with E-state index in [2.05, 4.69) is 20.2 Å². The number of amides is 1. The molecule has 9 heteroatoms. The molecule has 0 atom stereocenters. The molecule has 2 N–H and O–H groups in total. The van der Waals surface area contributed by atoms with E-state index in [0.717, 1.165) is 24.2 Å². The molecule has 1 heterocycles. The van der Waals surface area contributed by atoms with Gasteiger partial charge in [-0.2, -0.15) is 0 Å². The molecule has 0 bridgehead atoms. The first kappa shape index (κ1) is 14.1. The van der Waals surface area contributed by atoms with E-state index in [1.807, 2.05) is 0 Å². The molecule has 0 unspecified atom stereocenters. The summed E-state index contributed by atoms with van der Waals surface area (Å²) in [5, 5.41) is 10.00. The van der Waals surface area contributed by atoms with Crippen LogP contribution in [-0.4, -0.2) is 30.6 Å². The summed E-state index contributed by atoms with van der Waals surface area (Å²) in [4.78, 5) is 11.9. The zero-order valence-corrected chi connectivity index (χ0v) is 12.4. The Balaban J connectivity index is 1.72. The normalized spacial score (nSPS) is 14.9. The molecule has 1 aliphatic rings. The number of hydrogen-bond acceptors (Lipinski definition) is 6. The van der Waals surface area contributed by atoms with Gasteiger partial charge in [0.2, 0.25) is 9.47 Å². The molecule has 0 radical (unpaired) electrons. The summed E-state index contributed by atoms with van der Waals surface area (Å²) >= 11 is 0.828. The highest BCUT2D eigenvalue weighted by atomic mass is 32.2. The summed E-state index contributed by atoms with van der Waals surface area (Å²) in [7, 11) is -3.63. The van der Waals surface area contributed by atoms with Crippen LogP contribution in [0.3, 0.4) is 0 Å². The Morgan fingerprint density at radius 1 is 1.19 bits per heavy atom. The van der Waals surface area contributed by atoms with E-state index >= 15 is 0 Å². The van der Waals surface area contributed by atoms with Crippen molar-refractivity contribution in [2.45, 2.75) is 23.2 Å². The molecular weight excluding hydrogens is 312 g/mol.